The van der Waals surface area contributed by atoms with E-state index in [1.54, 1.807) is 6.92 Å². The van der Waals surface area contributed by atoms with Crippen molar-refractivity contribution in [3.63, 3.8) is 0 Å². The third-order valence-electron chi connectivity index (χ3n) is 5.61. The Morgan fingerprint density at radius 1 is 1.08 bits per heavy atom. The molecule has 1 unspecified atom stereocenters. The third-order valence-corrected chi connectivity index (χ3v) is 7.20. The second-order valence-corrected chi connectivity index (χ2v) is 10.7. The van der Waals surface area contributed by atoms with Crippen molar-refractivity contribution in [2.75, 3.05) is 24.6 Å². The molecule has 200 valence electrons. The molecule has 3 aromatic rings. The lowest BCUT2D eigenvalue weighted by molar-refractivity contribution is -0.384. The first-order chi connectivity index (χ1) is 18.7. The van der Waals surface area contributed by atoms with Crippen LogP contribution in [0.5, 0.6) is 0 Å². The number of carbonyl (C=O) groups is 1. The Morgan fingerprint density at radius 3 is 2.21 bits per heavy atom. The number of ether oxygens (including phenoxy) is 1. The highest BCUT2D eigenvalue weighted by Gasteiger charge is 2.31. The number of likely N-dealkylation sites (N-methyl/N-ethyl adjacent to an activating group) is 1. The van der Waals surface area contributed by atoms with E-state index in [0.717, 1.165) is 11.3 Å². The Bertz CT molecular complexity index is 1360. The zero-order valence-corrected chi connectivity index (χ0v) is 23.2. The number of non-ortho nitro benzene ring substituents is 1. The Kier molecular flexibility index (Phi) is 10.7. The molecule has 39 heavy (non-hydrogen) atoms. The minimum absolute atomic E-state index is 0.00577. The summed E-state index contributed by atoms with van der Waals surface area (Å²) >= 11 is 6.65. The number of thiocarbonyl (C=S) groups is 1. The molecule has 1 atom stereocenters. The number of benzene rings is 3. The van der Waals surface area contributed by atoms with E-state index in [1.807, 2.05) is 66.4 Å². The first-order valence-corrected chi connectivity index (χ1v) is 13.3. The van der Waals surface area contributed by atoms with Crippen LogP contribution >= 0.6 is 24.0 Å². The van der Waals surface area contributed by atoms with Crippen LogP contribution in [0.1, 0.15) is 25.8 Å². The summed E-state index contributed by atoms with van der Waals surface area (Å²) in [5.41, 5.74) is 2.89. The van der Waals surface area contributed by atoms with Gasteiger partial charge in [-0.15, -0.1) is 0 Å². The van der Waals surface area contributed by atoms with Crippen LogP contribution in [0.15, 0.2) is 89.1 Å². The Labute approximate surface area is 236 Å². The molecule has 0 bridgehead atoms. The summed E-state index contributed by atoms with van der Waals surface area (Å²) in [6.45, 7) is 5.03. The highest BCUT2D eigenvalue weighted by atomic mass is 32.2. The molecule has 0 aliphatic heterocycles. The number of nitrogens with zero attached hydrogens (tertiary/aromatic N) is 5. The summed E-state index contributed by atoms with van der Waals surface area (Å²) in [6.07, 6.45) is -0.0816. The summed E-state index contributed by atoms with van der Waals surface area (Å²) < 4.78 is 4.97. The number of anilines is 1. The van der Waals surface area contributed by atoms with Gasteiger partial charge >= 0.3 is 5.97 Å². The normalized spacial score (nSPS) is 12.3. The molecule has 0 spiro atoms. The summed E-state index contributed by atoms with van der Waals surface area (Å²) in [5.74, 6) is -0.458. The first kappa shape index (κ1) is 29.4. The average molecular weight is 562 g/mol. The monoisotopic (exact) mass is 561 g/mol. The van der Waals surface area contributed by atoms with E-state index in [2.05, 4.69) is 16.3 Å². The molecule has 0 amide bonds. The fraction of sp³-hybridized carbons (Fsp3) is 0.250. The Balaban J connectivity index is 1.50. The number of hydrogen-bond acceptors (Lipinski definition) is 10. The molecule has 0 saturated heterocycles. The molecule has 0 fully saturated rings. The molecular formula is C28H27N5O4S2. The van der Waals surface area contributed by atoms with Gasteiger partial charge in [-0.05, 0) is 55.8 Å². The van der Waals surface area contributed by atoms with Crippen molar-refractivity contribution in [2.45, 2.75) is 25.0 Å². The second-order valence-electron chi connectivity index (χ2n) is 8.57. The highest BCUT2D eigenvalue weighted by Crippen LogP contribution is 2.32. The molecule has 3 aromatic carbocycles. The number of rotatable bonds is 12. The molecule has 0 heterocycles. The number of azo groups is 1. The summed E-state index contributed by atoms with van der Waals surface area (Å²) in [6, 6.07) is 24.8. The van der Waals surface area contributed by atoms with Gasteiger partial charge in [-0.1, -0.05) is 54.3 Å². The number of hydrogen-bond donors (Lipinski definition) is 0. The largest absolute Gasteiger partial charge is 0.464 e. The summed E-state index contributed by atoms with van der Waals surface area (Å²) in [5, 5.41) is 28.7. The van der Waals surface area contributed by atoms with E-state index in [0.29, 0.717) is 28.7 Å². The lowest BCUT2D eigenvalue weighted by Crippen LogP contribution is -2.30. The van der Waals surface area contributed by atoms with Crippen molar-refractivity contribution < 1.29 is 14.5 Å². The lowest BCUT2D eigenvalue weighted by Gasteiger charge is -2.24. The van der Waals surface area contributed by atoms with Gasteiger partial charge in [-0.2, -0.15) is 15.5 Å². The van der Waals surface area contributed by atoms with Crippen LogP contribution in [-0.2, 0) is 9.53 Å². The van der Waals surface area contributed by atoms with E-state index in [-0.39, 0.29) is 18.7 Å². The number of nitro groups is 1. The number of esters is 1. The minimum atomic E-state index is -1.03. The van der Waals surface area contributed by atoms with Crippen molar-refractivity contribution in [3.8, 4) is 6.07 Å². The van der Waals surface area contributed by atoms with Gasteiger partial charge in [-0.25, -0.2) is 0 Å². The van der Waals surface area contributed by atoms with Gasteiger partial charge in [-0.3, -0.25) is 14.9 Å². The van der Waals surface area contributed by atoms with Crippen LogP contribution in [0.3, 0.4) is 0 Å². The molecule has 3 rings (SSSR count). The minimum Gasteiger partial charge on any atom is -0.464 e. The molecule has 0 radical (unpaired) electrons. The van der Waals surface area contributed by atoms with Crippen LogP contribution in [0, 0.1) is 21.4 Å². The van der Waals surface area contributed by atoms with Gasteiger partial charge in [0.15, 0.2) is 0 Å². The fourth-order valence-corrected chi connectivity index (χ4v) is 5.08. The fourth-order valence-electron chi connectivity index (χ4n) is 3.49. The number of carbonyl (C=O) groups excluding carboxylic acids is 1. The molecule has 0 aromatic heterocycles. The van der Waals surface area contributed by atoms with Gasteiger partial charge < -0.3 is 9.64 Å². The van der Waals surface area contributed by atoms with Crippen molar-refractivity contribution in [1.29, 1.82) is 5.26 Å². The first-order valence-electron chi connectivity index (χ1n) is 12.1. The predicted molar refractivity (Wildman–Crippen MR) is 157 cm³/mol. The van der Waals surface area contributed by atoms with E-state index >= 15 is 0 Å². The van der Waals surface area contributed by atoms with Crippen molar-refractivity contribution in [3.05, 3.63) is 94.5 Å². The van der Waals surface area contributed by atoms with E-state index < -0.39 is 15.6 Å². The number of nitro benzene ring substituents is 1. The van der Waals surface area contributed by atoms with Crippen LogP contribution in [0.25, 0.3) is 0 Å². The van der Waals surface area contributed by atoms with Crippen LogP contribution < -0.4 is 4.90 Å². The van der Waals surface area contributed by atoms with Gasteiger partial charge in [0.25, 0.3) is 5.69 Å². The third kappa shape index (κ3) is 8.98. The van der Waals surface area contributed by atoms with Crippen molar-refractivity contribution >= 4 is 56.9 Å². The molecule has 0 aliphatic carbocycles. The van der Waals surface area contributed by atoms with Gasteiger partial charge in [0.2, 0.25) is 0 Å². The summed E-state index contributed by atoms with van der Waals surface area (Å²) in [4.78, 5) is 24.9. The number of nitriles is 1. The standard InChI is InChI=1S/C28H27N5O4S2/c1-3-32(24-13-9-22(10-14-24)30-31-23-11-15-25(16-12-23)33(35)36)17-18-37-26(34)19-28(2,20-29)39-27(38)21-7-5-4-6-8-21/h4-16H,3,17-19H2,1-2H3. The maximum atomic E-state index is 12.5. The Hall–Kier alpha value is -4.14. The van der Waals surface area contributed by atoms with Crippen LogP contribution in [0.4, 0.5) is 22.7 Å². The maximum absolute atomic E-state index is 12.5. The van der Waals surface area contributed by atoms with Crippen LogP contribution in [-0.4, -0.2) is 39.5 Å². The van der Waals surface area contributed by atoms with E-state index in [1.165, 1.54) is 36.0 Å². The molecule has 9 nitrogen and oxygen atoms in total. The second kappa shape index (κ2) is 14.1. The van der Waals surface area contributed by atoms with Gasteiger partial charge in [0.1, 0.15) is 11.4 Å². The summed E-state index contributed by atoms with van der Waals surface area (Å²) in [7, 11) is 0. The molecular weight excluding hydrogens is 534 g/mol. The van der Waals surface area contributed by atoms with E-state index in [4.69, 9.17) is 17.0 Å². The average Bonchev–Trinajstić information content (AvgIpc) is 2.95. The molecule has 0 N–H and O–H groups in total. The number of thioether (sulfide) groups is 1. The van der Waals surface area contributed by atoms with Crippen molar-refractivity contribution in [2.24, 2.45) is 10.2 Å². The SMILES string of the molecule is CCN(CCOC(=O)CC(C)(C#N)SC(=S)c1ccccc1)c1ccc(N=Nc2ccc([N+](=O)[O-])cc2)cc1. The lowest BCUT2D eigenvalue weighted by atomic mass is 10.1. The van der Waals surface area contributed by atoms with Crippen LogP contribution in [0.2, 0.25) is 0 Å². The maximum Gasteiger partial charge on any atom is 0.308 e. The zero-order valence-electron chi connectivity index (χ0n) is 21.5. The predicted octanol–water partition coefficient (Wildman–Crippen LogP) is 7.16. The van der Waals surface area contributed by atoms with E-state index in [9.17, 15) is 20.2 Å². The van der Waals surface area contributed by atoms with Crippen molar-refractivity contribution in [1.82, 2.24) is 0 Å². The van der Waals surface area contributed by atoms with Gasteiger partial charge in [0, 0.05) is 24.4 Å². The zero-order chi connectivity index (χ0) is 28.3. The Morgan fingerprint density at radius 2 is 1.67 bits per heavy atom. The quantitative estimate of drug-likeness (QED) is 0.0750. The molecule has 0 saturated carbocycles. The van der Waals surface area contributed by atoms with Gasteiger partial charge in [0.05, 0.1) is 39.5 Å². The smallest absolute Gasteiger partial charge is 0.308 e. The topological polar surface area (TPSA) is 121 Å². The molecule has 0 aliphatic rings. The molecule has 11 heteroatoms. The highest BCUT2D eigenvalue weighted by molar-refractivity contribution is 8.24.